The Bertz CT molecular complexity index is 501. The molecular weight excluding hydrogens is 194 g/mol. The third kappa shape index (κ3) is 1.92. The van der Waals surface area contributed by atoms with Crippen LogP contribution in [-0.2, 0) is 11.3 Å². The zero-order valence-corrected chi connectivity index (χ0v) is 8.59. The molecule has 0 fully saturated rings. The van der Waals surface area contributed by atoms with Crippen molar-refractivity contribution < 1.29 is 4.74 Å². The van der Waals surface area contributed by atoms with Crippen LogP contribution in [-0.4, -0.2) is 27.4 Å². The first-order valence-electron chi connectivity index (χ1n) is 4.95. The predicted molar refractivity (Wildman–Crippen MR) is 55.9 cm³/mol. The normalized spacial score (nSPS) is 11.0. The van der Waals surface area contributed by atoms with E-state index in [1.165, 1.54) is 9.08 Å². The first-order chi connectivity index (χ1) is 7.33. The van der Waals surface area contributed by atoms with Crippen LogP contribution < -0.4 is 5.69 Å². The molecule has 5 nitrogen and oxygen atoms in total. The largest absolute Gasteiger partial charge is 0.380 e. The van der Waals surface area contributed by atoms with Crippen molar-refractivity contribution in [2.45, 2.75) is 13.5 Å². The molecule has 0 aromatic carbocycles. The lowest BCUT2D eigenvalue weighted by Gasteiger charge is -1.98. The second-order valence-corrected chi connectivity index (χ2v) is 3.13. The highest BCUT2D eigenvalue weighted by molar-refractivity contribution is 5.35. The number of ether oxygens (including phenoxy) is 1. The lowest BCUT2D eigenvalue weighted by Crippen LogP contribution is -2.23. The van der Waals surface area contributed by atoms with E-state index in [0.29, 0.717) is 25.4 Å². The number of hydrogen-bond acceptors (Lipinski definition) is 3. The summed E-state index contributed by atoms with van der Waals surface area (Å²) in [5.74, 6) is 0. The molecule has 5 heteroatoms. The van der Waals surface area contributed by atoms with Crippen LogP contribution in [0, 0.1) is 0 Å². The average molecular weight is 207 g/mol. The molecule has 0 N–H and O–H groups in total. The van der Waals surface area contributed by atoms with Crippen molar-refractivity contribution in [3.63, 3.8) is 0 Å². The van der Waals surface area contributed by atoms with Gasteiger partial charge < -0.3 is 4.74 Å². The number of nitrogens with zero attached hydrogens (tertiary/aromatic N) is 3. The summed E-state index contributed by atoms with van der Waals surface area (Å²) in [5, 5.41) is 4.17. The summed E-state index contributed by atoms with van der Waals surface area (Å²) in [7, 11) is 0. The van der Waals surface area contributed by atoms with Gasteiger partial charge in [0.05, 0.1) is 13.2 Å². The molecule has 0 bridgehead atoms. The maximum absolute atomic E-state index is 11.7. The summed E-state index contributed by atoms with van der Waals surface area (Å²) in [6, 6.07) is 5.47. The Labute approximate surface area is 86.9 Å². The van der Waals surface area contributed by atoms with Gasteiger partial charge >= 0.3 is 5.69 Å². The highest BCUT2D eigenvalue weighted by atomic mass is 16.5. The first-order valence-corrected chi connectivity index (χ1v) is 4.95. The van der Waals surface area contributed by atoms with E-state index in [1.54, 1.807) is 12.3 Å². The number of fused-ring (bicyclic) bond motifs is 1. The first kappa shape index (κ1) is 9.92. The van der Waals surface area contributed by atoms with Crippen LogP contribution in [0.5, 0.6) is 0 Å². The van der Waals surface area contributed by atoms with Crippen LogP contribution in [0.4, 0.5) is 0 Å². The summed E-state index contributed by atoms with van der Waals surface area (Å²) in [6.07, 6.45) is 1.71. The predicted octanol–water partition coefficient (Wildman–Crippen LogP) is 0.533. The second kappa shape index (κ2) is 4.27. The highest BCUT2D eigenvalue weighted by Gasteiger charge is 2.04. The molecular formula is C10H13N3O2. The van der Waals surface area contributed by atoms with Gasteiger partial charge in [0.1, 0.15) is 0 Å². The maximum atomic E-state index is 11.7. The van der Waals surface area contributed by atoms with Crippen LogP contribution in [0.15, 0.2) is 29.2 Å². The third-order valence-corrected chi connectivity index (χ3v) is 2.14. The summed E-state index contributed by atoms with van der Waals surface area (Å²) < 4.78 is 8.12. The molecule has 0 unspecified atom stereocenters. The SMILES string of the molecule is CCOCCn1nc2ccccn2c1=O. The Morgan fingerprint density at radius 3 is 3.07 bits per heavy atom. The maximum Gasteiger partial charge on any atom is 0.350 e. The van der Waals surface area contributed by atoms with Crippen molar-refractivity contribution in [1.82, 2.24) is 14.2 Å². The van der Waals surface area contributed by atoms with Gasteiger partial charge in [-0.1, -0.05) is 6.07 Å². The van der Waals surface area contributed by atoms with Crippen molar-refractivity contribution >= 4 is 5.65 Å². The lowest BCUT2D eigenvalue weighted by atomic mass is 10.5. The Kier molecular flexibility index (Phi) is 2.82. The van der Waals surface area contributed by atoms with Crippen molar-refractivity contribution in [2.24, 2.45) is 0 Å². The Balaban J connectivity index is 2.28. The fraction of sp³-hybridized carbons (Fsp3) is 0.400. The van der Waals surface area contributed by atoms with Crippen LogP contribution in [0.2, 0.25) is 0 Å². The van der Waals surface area contributed by atoms with Gasteiger partial charge in [-0.05, 0) is 19.1 Å². The van der Waals surface area contributed by atoms with E-state index < -0.39 is 0 Å². The number of rotatable bonds is 4. The number of pyridine rings is 1. The lowest BCUT2D eigenvalue weighted by molar-refractivity contribution is 0.135. The summed E-state index contributed by atoms with van der Waals surface area (Å²) in [5.41, 5.74) is 0.546. The fourth-order valence-electron chi connectivity index (χ4n) is 1.41. The van der Waals surface area contributed by atoms with Gasteiger partial charge in [-0.2, -0.15) is 0 Å². The molecule has 2 aromatic rings. The molecule has 2 aromatic heterocycles. The Morgan fingerprint density at radius 1 is 1.47 bits per heavy atom. The highest BCUT2D eigenvalue weighted by Crippen LogP contribution is 1.94. The topological polar surface area (TPSA) is 48.5 Å². The standard InChI is InChI=1S/C10H13N3O2/c1-2-15-8-7-13-10(14)12-6-4-3-5-9(12)11-13/h3-6H,2,7-8H2,1H3. The second-order valence-electron chi connectivity index (χ2n) is 3.13. The van der Waals surface area contributed by atoms with Crippen LogP contribution >= 0.6 is 0 Å². The van der Waals surface area contributed by atoms with Crippen molar-refractivity contribution in [2.75, 3.05) is 13.2 Å². The molecule has 0 aliphatic carbocycles. The quantitative estimate of drug-likeness (QED) is 0.687. The molecule has 2 rings (SSSR count). The molecule has 0 amide bonds. The van der Waals surface area contributed by atoms with E-state index >= 15 is 0 Å². The molecule has 0 aliphatic heterocycles. The molecule has 0 saturated carbocycles. The van der Waals surface area contributed by atoms with E-state index in [2.05, 4.69) is 5.10 Å². The Hall–Kier alpha value is -1.62. The van der Waals surface area contributed by atoms with Gasteiger partial charge in [0.25, 0.3) is 0 Å². The Morgan fingerprint density at radius 2 is 2.33 bits per heavy atom. The smallest absolute Gasteiger partial charge is 0.350 e. The van der Waals surface area contributed by atoms with Gasteiger partial charge in [0.2, 0.25) is 0 Å². The van der Waals surface area contributed by atoms with Gasteiger partial charge in [0.15, 0.2) is 5.65 Å². The zero-order chi connectivity index (χ0) is 10.7. The van der Waals surface area contributed by atoms with E-state index in [9.17, 15) is 4.79 Å². The summed E-state index contributed by atoms with van der Waals surface area (Å²) >= 11 is 0. The van der Waals surface area contributed by atoms with Gasteiger partial charge in [-0.3, -0.25) is 4.40 Å². The van der Waals surface area contributed by atoms with Crippen molar-refractivity contribution in [1.29, 1.82) is 0 Å². The minimum absolute atomic E-state index is 0.120. The molecule has 80 valence electrons. The average Bonchev–Trinajstić information content (AvgIpc) is 2.57. The van der Waals surface area contributed by atoms with Crippen molar-refractivity contribution in [3.8, 4) is 0 Å². The van der Waals surface area contributed by atoms with Crippen molar-refractivity contribution in [3.05, 3.63) is 34.9 Å². The molecule has 0 aliphatic rings. The van der Waals surface area contributed by atoms with Gasteiger partial charge in [-0.15, -0.1) is 5.10 Å². The van der Waals surface area contributed by atoms with E-state index in [1.807, 2.05) is 19.1 Å². The van der Waals surface area contributed by atoms with Gasteiger partial charge in [0, 0.05) is 12.8 Å². The van der Waals surface area contributed by atoms with Crippen LogP contribution in [0.25, 0.3) is 5.65 Å². The monoisotopic (exact) mass is 207 g/mol. The van der Waals surface area contributed by atoms with Crippen LogP contribution in [0.1, 0.15) is 6.92 Å². The zero-order valence-electron chi connectivity index (χ0n) is 8.59. The van der Waals surface area contributed by atoms with Gasteiger partial charge in [-0.25, -0.2) is 9.48 Å². The van der Waals surface area contributed by atoms with E-state index in [-0.39, 0.29) is 5.69 Å². The third-order valence-electron chi connectivity index (χ3n) is 2.14. The minimum Gasteiger partial charge on any atom is -0.380 e. The van der Waals surface area contributed by atoms with E-state index in [4.69, 9.17) is 4.74 Å². The molecule has 15 heavy (non-hydrogen) atoms. The fourth-order valence-corrected chi connectivity index (χ4v) is 1.41. The molecule has 0 saturated heterocycles. The van der Waals surface area contributed by atoms with E-state index in [0.717, 1.165) is 0 Å². The summed E-state index contributed by atoms with van der Waals surface area (Å²) in [4.78, 5) is 11.7. The molecule has 0 radical (unpaired) electrons. The minimum atomic E-state index is -0.120. The molecule has 2 heterocycles. The molecule has 0 spiro atoms. The summed E-state index contributed by atoms with van der Waals surface area (Å²) in [6.45, 7) is 3.59. The molecule has 0 atom stereocenters. The number of hydrogen-bond donors (Lipinski definition) is 0. The number of aromatic nitrogens is 3. The van der Waals surface area contributed by atoms with Crippen LogP contribution in [0.3, 0.4) is 0 Å².